The van der Waals surface area contributed by atoms with Gasteiger partial charge in [-0.1, -0.05) is 0 Å². The molecule has 0 saturated carbocycles. The highest BCUT2D eigenvalue weighted by atomic mass is 16.1. The lowest BCUT2D eigenvalue weighted by Gasteiger charge is -2.09. The summed E-state index contributed by atoms with van der Waals surface area (Å²) < 4.78 is 0. The van der Waals surface area contributed by atoms with E-state index in [1.54, 1.807) is 6.92 Å². The molecule has 1 amide bonds. The molecular weight excluding hydrogens is 268 g/mol. The van der Waals surface area contributed by atoms with Crippen LogP contribution in [0.3, 0.4) is 0 Å². The lowest BCUT2D eigenvalue weighted by molar-refractivity contribution is 0.0950. The summed E-state index contributed by atoms with van der Waals surface area (Å²) in [6, 6.07) is 0. The van der Waals surface area contributed by atoms with Crippen LogP contribution in [0.4, 0.5) is 11.5 Å². The molecule has 7 heteroatoms. The zero-order valence-electron chi connectivity index (χ0n) is 12.4. The zero-order valence-corrected chi connectivity index (χ0v) is 12.4. The Morgan fingerprint density at radius 1 is 1.29 bits per heavy atom. The minimum atomic E-state index is -0.338. The molecule has 2 heterocycles. The van der Waals surface area contributed by atoms with E-state index in [1.165, 1.54) is 11.1 Å². The Balaban J connectivity index is 2.01. The first-order chi connectivity index (χ1) is 9.90. The number of amides is 1. The first kappa shape index (κ1) is 14.8. The van der Waals surface area contributed by atoms with Crippen molar-refractivity contribution in [3.63, 3.8) is 0 Å². The first-order valence-corrected chi connectivity index (χ1v) is 6.71. The van der Waals surface area contributed by atoms with Gasteiger partial charge >= 0.3 is 0 Å². The number of hydrogen-bond acceptors (Lipinski definition) is 5. The fourth-order valence-corrected chi connectivity index (χ4v) is 2.08. The van der Waals surface area contributed by atoms with Gasteiger partial charge in [0.2, 0.25) is 0 Å². The van der Waals surface area contributed by atoms with Gasteiger partial charge in [-0.3, -0.25) is 4.79 Å². The van der Waals surface area contributed by atoms with Crippen LogP contribution in [0.5, 0.6) is 0 Å². The van der Waals surface area contributed by atoms with Gasteiger partial charge in [-0.25, -0.2) is 9.97 Å². The molecule has 2 aromatic heterocycles. The molecule has 0 fully saturated rings. The maximum Gasteiger partial charge on any atom is 0.272 e. The minimum Gasteiger partial charge on any atom is -0.394 e. The molecule has 0 saturated heterocycles. The predicted molar refractivity (Wildman–Crippen MR) is 81.9 cm³/mol. The van der Waals surface area contributed by atoms with Gasteiger partial charge < -0.3 is 21.8 Å². The summed E-state index contributed by atoms with van der Waals surface area (Å²) in [6.45, 7) is 6.23. The second-order valence-corrected chi connectivity index (χ2v) is 4.99. The number of nitrogen functional groups attached to an aromatic ring is 2. The van der Waals surface area contributed by atoms with E-state index in [-0.39, 0.29) is 23.1 Å². The zero-order chi connectivity index (χ0) is 15.6. The number of carbonyl (C=O) groups excluding carboxylic acids is 1. The van der Waals surface area contributed by atoms with E-state index in [2.05, 4.69) is 27.2 Å². The number of aryl methyl sites for hydroxylation is 2. The highest BCUT2D eigenvalue weighted by Crippen LogP contribution is 2.16. The van der Waals surface area contributed by atoms with Crippen molar-refractivity contribution in [3.8, 4) is 0 Å². The summed E-state index contributed by atoms with van der Waals surface area (Å²) in [6.07, 6.45) is 2.69. The van der Waals surface area contributed by atoms with Crippen LogP contribution >= 0.6 is 0 Å². The highest BCUT2D eigenvalue weighted by molar-refractivity contribution is 5.99. The van der Waals surface area contributed by atoms with E-state index in [0.29, 0.717) is 12.4 Å². The van der Waals surface area contributed by atoms with E-state index in [0.717, 1.165) is 12.1 Å². The van der Waals surface area contributed by atoms with E-state index in [4.69, 9.17) is 11.5 Å². The molecule has 0 radical (unpaired) electrons. The number of nitrogens with two attached hydrogens (primary N) is 2. The molecule has 0 bridgehead atoms. The maximum atomic E-state index is 12.1. The number of H-pyrrole nitrogens is 1. The van der Waals surface area contributed by atoms with E-state index < -0.39 is 0 Å². The van der Waals surface area contributed by atoms with Crippen LogP contribution < -0.4 is 16.8 Å². The molecule has 7 nitrogen and oxygen atoms in total. The summed E-state index contributed by atoms with van der Waals surface area (Å²) in [7, 11) is 0. The average Bonchev–Trinajstić information content (AvgIpc) is 2.74. The fourth-order valence-electron chi connectivity index (χ4n) is 2.08. The third-order valence-corrected chi connectivity index (χ3v) is 3.49. The third-order valence-electron chi connectivity index (χ3n) is 3.49. The summed E-state index contributed by atoms with van der Waals surface area (Å²) in [5.74, 6) is 0.211. The molecule has 112 valence electrons. The maximum absolute atomic E-state index is 12.1. The van der Waals surface area contributed by atoms with Gasteiger partial charge in [-0.2, -0.15) is 0 Å². The molecule has 0 aliphatic carbocycles. The highest BCUT2D eigenvalue weighted by Gasteiger charge is 2.15. The number of anilines is 2. The number of aromatic nitrogens is 3. The van der Waals surface area contributed by atoms with Crippen LogP contribution in [-0.4, -0.2) is 27.4 Å². The van der Waals surface area contributed by atoms with Gasteiger partial charge in [0.05, 0.1) is 0 Å². The summed E-state index contributed by atoms with van der Waals surface area (Å²) >= 11 is 0. The van der Waals surface area contributed by atoms with Crippen LogP contribution in [-0.2, 0) is 6.42 Å². The van der Waals surface area contributed by atoms with Crippen molar-refractivity contribution in [1.29, 1.82) is 0 Å². The SMILES string of the molecule is Cc1nc(N)c(N)c(C(=O)NCCc2c[nH]c(C)c2C)n1. The average molecular weight is 288 g/mol. The lowest BCUT2D eigenvalue weighted by Crippen LogP contribution is -2.28. The Morgan fingerprint density at radius 3 is 2.62 bits per heavy atom. The molecule has 21 heavy (non-hydrogen) atoms. The lowest BCUT2D eigenvalue weighted by atomic mass is 10.1. The van der Waals surface area contributed by atoms with Crippen molar-refractivity contribution >= 4 is 17.4 Å². The van der Waals surface area contributed by atoms with Gasteiger partial charge in [-0.15, -0.1) is 0 Å². The van der Waals surface area contributed by atoms with Crippen LogP contribution in [0.1, 0.15) is 33.1 Å². The van der Waals surface area contributed by atoms with Crippen molar-refractivity contribution < 1.29 is 4.79 Å². The summed E-state index contributed by atoms with van der Waals surface area (Å²) in [4.78, 5) is 23.2. The molecular formula is C14H20N6O. The molecule has 2 rings (SSSR count). The normalized spacial score (nSPS) is 10.6. The largest absolute Gasteiger partial charge is 0.394 e. The number of aromatic amines is 1. The first-order valence-electron chi connectivity index (χ1n) is 6.71. The van der Waals surface area contributed by atoms with E-state index >= 15 is 0 Å². The molecule has 0 atom stereocenters. The van der Waals surface area contributed by atoms with Gasteiger partial charge in [-0.05, 0) is 38.3 Å². The molecule has 0 aliphatic rings. The second kappa shape index (κ2) is 5.82. The topological polar surface area (TPSA) is 123 Å². The molecule has 2 aromatic rings. The van der Waals surface area contributed by atoms with E-state index in [1.807, 2.05) is 13.1 Å². The Morgan fingerprint density at radius 2 is 2.00 bits per heavy atom. The second-order valence-electron chi connectivity index (χ2n) is 4.99. The standard InChI is InChI=1S/C14H20N6O/c1-7-8(2)18-6-10(7)4-5-17-14(21)12-11(15)13(16)20-9(3)19-12/h6,18H,4-5,15H2,1-3H3,(H,17,21)(H2,16,19,20). The molecule has 0 spiro atoms. The Kier molecular flexibility index (Phi) is 4.11. The monoisotopic (exact) mass is 288 g/mol. The molecule has 0 aromatic carbocycles. The summed E-state index contributed by atoms with van der Waals surface area (Å²) in [5, 5.41) is 2.80. The van der Waals surface area contributed by atoms with Crippen LogP contribution in [0.2, 0.25) is 0 Å². The number of nitrogens with one attached hydrogen (secondary N) is 2. The van der Waals surface area contributed by atoms with Gasteiger partial charge in [0.15, 0.2) is 11.5 Å². The van der Waals surface area contributed by atoms with Gasteiger partial charge in [0.1, 0.15) is 11.5 Å². The van der Waals surface area contributed by atoms with Crippen LogP contribution in [0, 0.1) is 20.8 Å². The molecule has 6 N–H and O–H groups in total. The van der Waals surface area contributed by atoms with Gasteiger partial charge in [0, 0.05) is 18.4 Å². The van der Waals surface area contributed by atoms with Crippen molar-refractivity contribution in [1.82, 2.24) is 20.3 Å². The number of rotatable bonds is 4. The fraction of sp³-hybridized carbons (Fsp3) is 0.357. The van der Waals surface area contributed by atoms with Gasteiger partial charge in [0.25, 0.3) is 5.91 Å². The van der Waals surface area contributed by atoms with Crippen molar-refractivity contribution in [2.75, 3.05) is 18.0 Å². The molecule has 0 unspecified atom stereocenters. The quantitative estimate of drug-likeness (QED) is 0.664. The summed E-state index contributed by atoms with van der Waals surface area (Å²) in [5.41, 5.74) is 15.2. The number of hydrogen-bond donors (Lipinski definition) is 4. The Hall–Kier alpha value is -2.57. The predicted octanol–water partition coefficient (Wildman–Crippen LogP) is 0.867. The smallest absolute Gasteiger partial charge is 0.272 e. The third kappa shape index (κ3) is 3.13. The number of carbonyl (C=O) groups is 1. The minimum absolute atomic E-state index is 0.117. The van der Waals surface area contributed by atoms with Crippen LogP contribution in [0.15, 0.2) is 6.20 Å². The van der Waals surface area contributed by atoms with E-state index in [9.17, 15) is 4.79 Å². The number of nitrogens with zero attached hydrogens (tertiary/aromatic N) is 2. The Bertz CT molecular complexity index is 676. The van der Waals surface area contributed by atoms with Crippen molar-refractivity contribution in [3.05, 3.63) is 34.5 Å². The Labute approximate surface area is 123 Å². The van der Waals surface area contributed by atoms with Crippen LogP contribution in [0.25, 0.3) is 0 Å². The molecule has 0 aliphatic heterocycles. The van der Waals surface area contributed by atoms with Crippen molar-refractivity contribution in [2.45, 2.75) is 27.2 Å². The van der Waals surface area contributed by atoms with Crippen molar-refractivity contribution in [2.24, 2.45) is 0 Å².